The second kappa shape index (κ2) is 13.7. The number of carbonyl (C=O) groups excluding carboxylic acids is 2. The first-order valence-electron chi connectivity index (χ1n) is 14.1. The number of nitrogens with one attached hydrogen (secondary N) is 1. The highest BCUT2D eigenvalue weighted by Gasteiger charge is 2.33. The molecule has 0 unspecified atom stereocenters. The lowest BCUT2D eigenvalue weighted by Crippen LogP contribution is -2.52. The number of amides is 2. The van der Waals surface area contributed by atoms with E-state index in [1.54, 1.807) is 56.5 Å². The van der Waals surface area contributed by atoms with Gasteiger partial charge in [-0.05, 0) is 73.7 Å². The van der Waals surface area contributed by atoms with Gasteiger partial charge in [-0.3, -0.25) is 13.9 Å². The summed E-state index contributed by atoms with van der Waals surface area (Å²) >= 11 is 0. The van der Waals surface area contributed by atoms with Crippen LogP contribution in [0.15, 0.2) is 83.8 Å². The maximum atomic E-state index is 14.1. The Hall–Kier alpha value is -3.85. The molecular weight excluding hydrogens is 538 g/mol. The lowest BCUT2D eigenvalue weighted by molar-refractivity contribution is -0.139. The quantitative estimate of drug-likeness (QED) is 0.329. The van der Waals surface area contributed by atoms with Crippen LogP contribution >= 0.6 is 0 Å². The van der Waals surface area contributed by atoms with E-state index < -0.39 is 28.5 Å². The van der Waals surface area contributed by atoms with Crippen molar-refractivity contribution in [3.05, 3.63) is 90.0 Å². The predicted molar refractivity (Wildman–Crippen MR) is 160 cm³/mol. The van der Waals surface area contributed by atoms with Gasteiger partial charge in [0.2, 0.25) is 11.8 Å². The van der Waals surface area contributed by atoms with Gasteiger partial charge >= 0.3 is 0 Å². The largest absolute Gasteiger partial charge is 0.497 e. The van der Waals surface area contributed by atoms with Gasteiger partial charge in [-0.25, -0.2) is 8.42 Å². The SMILES string of the molecule is CCc1ccc(N(CC(=O)N(Cc2ccc(OC)cc2)[C@H](C)C(=O)NC2CCCC2)S(=O)(=O)c2ccccc2)cc1. The normalized spacial score (nSPS) is 14.3. The fraction of sp³-hybridized carbons (Fsp3) is 0.375. The van der Waals surface area contributed by atoms with Crippen LogP contribution in [0.5, 0.6) is 5.75 Å². The van der Waals surface area contributed by atoms with Crippen molar-refractivity contribution in [2.24, 2.45) is 0 Å². The van der Waals surface area contributed by atoms with Crippen LogP contribution in [0.25, 0.3) is 0 Å². The van der Waals surface area contributed by atoms with E-state index >= 15 is 0 Å². The molecule has 1 atom stereocenters. The molecule has 9 heteroatoms. The van der Waals surface area contributed by atoms with E-state index in [0.717, 1.165) is 47.5 Å². The molecule has 4 rings (SSSR count). The first-order valence-corrected chi connectivity index (χ1v) is 15.6. The van der Waals surface area contributed by atoms with Gasteiger partial charge < -0.3 is 15.0 Å². The van der Waals surface area contributed by atoms with Gasteiger partial charge in [0.1, 0.15) is 18.3 Å². The average molecular weight is 578 g/mol. The second-order valence-corrected chi connectivity index (χ2v) is 12.2. The molecule has 0 spiro atoms. The molecule has 1 aliphatic rings. The summed E-state index contributed by atoms with van der Waals surface area (Å²) in [5, 5.41) is 3.09. The zero-order valence-electron chi connectivity index (χ0n) is 24.0. The Morgan fingerprint density at radius 3 is 2.12 bits per heavy atom. The Morgan fingerprint density at radius 1 is 0.927 bits per heavy atom. The number of benzene rings is 3. The molecule has 0 radical (unpaired) electrons. The van der Waals surface area contributed by atoms with Crippen LogP contribution in [0.2, 0.25) is 0 Å². The topological polar surface area (TPSA) is 96.0 Å². The fourth-order valence-electron chi connectivity index (χ4n) is 5.05. The van der Waals surface area contributed by atoms with E-state index in [1.165, 1.54) is 17.0 Å². The Morgan fingerprint density at radius 2 is 1.54 bits per heavy atom. The van der Waals surface area contributed by atoms with E-state index in [1.807, 2.05) is 31.2 Å². The van der Waals surface area contributed by atoms with Gasteiger partial charge in [0.05, 0.1) is 17.7 Å². The maximum Gasteiger partial charge on any atom is 0.264 e. The molecule has 0 saturated heterocycles. The van der Waals surface area contributed by atoms with Crippen molar-refractivity contribution in [2.75, 3.05) is 18.0 Å². The smallest absolute Gasteiger partial charge is 0.264 e. The van der Waals surface area contributed by atoms with E-state index in [4.69, 9.17) is 4.74 Å². The number of rotatable bonds is 12. The van der Waals surface area contributed by atoms with E-state index in [-0.39, 0.29) is 23.4 Å². The van der Waals surface area contributed by atoms with Crippen molar-refractivity contribution in [3.8, 4) is 5.75 Å². The van der Waals surface area contributed by atoms with Crippen molar-refractivity contribution in [3.63, 3.8) is 0 Å². The Balaban J connectivity index is 1.67. The maximum absolute atomic E-state index is 14.1. The van der Waals surface area contributed by atoms with Crippen molar-refractivity contribution in [1.82, 2.24) is 10.2 Å². The summed E-state index contributed by atoms with van der Waals surface area (Å²) in [5.74, 6) is -0.0493. The molecule has 1 saturated carbocycles. The van der Waals surface area contributed by atoms with Crippen LogP contribution in [-0.4, -0.2) is 50.9 Å². The van der Waals surface area contributed by atoms with Crippen LogP contribution in [0.4, 0.5) is 5.69 Å². The molecule has 0 heterocycles. The number of methoxy groups -OCH3 is 1. The van der Waals surface area contributed by atoms with Crippen LogP contribution in [0, 0.1) is 0 Å². The van der Waals surface area contributed by atoms with Gasteiger partial charge in [-0.2, -0.15) is 0 Å². The minimum Gasteiger partial charge on any atom is -0.497 e. The highest BCUT2D eigenvalue weighted by atomic mass is 32.2. The number of nitrogens with zero attached hydrogens (tertiary/aromatic N) is 2. The summed E-state index contributed by atoms with van der Waals surface area (Å²) in [6.45, 7) is 3.39. The van der Waals surface area contributed by atoms with Crippen LogP contribution in [0.3, 0.4) is 0 Å². The minimum absolute atomic E-state index is 0.0843. The molecular formula is C32H39N3O5S. The highest BCUT2D eigenvalue weighted by molar-refractivity contribution is 7.92. The molecule has 0 aliphatic heterocycles. The number of hydrogen-bond acceptors (Lipinski definition) is 5. The van der Waals surface area contributed by atoms with Gasteiger partial charge in [0.25, 0.3) is 10.0 Å². The number of anilines is 1. The zero-order chi connectivity index (χ0) is 29.4. The molecule has 0 bridgehead atoms. The zero-order valence-corrected chi connectivity index (χ0v) is 24.8. The number of aryl methyl sites for hydroxylation is 1. The lowest BCUT2D eigenvalue weighted by Gasteiger charge is -2.32. The number of sulfonamides is 1. The summed E-state index contributed by atoms with van der Waals surface area (Å²) in [7, 11) is -2.50. The lowest BCUT2D eigenvalue weighted by atomic mass is 10.1. The first kappa shape index (κ1) is 30.1. The molecule has 1 fully saturated rings. The third-order valence-electron chi connectivity index (χ3n) is 7.62. The predicted octanol–water partition coefficient (Wildman–Crippen LogP) is 4.93. The second-order valence-electron chi connectivity index (χ2n) is 10.4. The van der Waals surface area contributed by atoms with Crippen LogP contribution < -0.4 is 14.4 Å². The van der Waals surface area contributed by atoms with Gasteiger partial charge in [0.15, 0.2) is 0 Å². The van der Waals surface area contributed by atoms with E-state index in [2.05, 4.69) is 5.32 Å². The van der Waals surface area contributed by atoms with Crippen molar-refractivity contribution < 1.29 is 22.7 Å². The molecule has 218 valence electrons. The monoisotopic (exact) mass is 577 g/mol. The summed E-state index contributed by atoms with van der Waals surface area (Å²) < 4.78 is 34.1. The van der Waals surface area contributed by atoms with Crippen LogP contribution in [-0.2, 0) is 32.6 Å². The van der Waals surface area contributed by atoms with Gasteiger partial charge in [-0.15, -0.1) is 0 Å². The molecule has 3 aromatic rings. The molecule has 1 aliphatic carbocycles. The molecule has 1 N–H and O–H groups in total. The minimum atomic E-state index is -4.08. The third-order valence-corrected chi connectivity index (χ3v) is 9.41. The summed E-state index contributed by atoms with van der Waals surface area (Å²) in [6, 6.07) is 21.8. The van der Waals surface area contributed by atoms with Crippen LogP contribution in [0.1, 0.15) is 50.7 Å². The van der Waals surface area contributed by atoms with Crippen molar-refractivity contribution >= 4 is 27.5 Å². The summed E-state index contributed by atoms with van der Waals surface area (Å²) in [5.41, 5.74) is 2.23. The molecule has 0 aromatic heterocycles. The Bertz CT molecular complexity index is 1400. The summed E-state index contributed by atoms with van der Waals surface area (Å²) in [4.78, 5) is 28.9. The average Bonchev–Trinajstić information content (AvgIpc) is 3.52. The standard InChI is InChI=1S/C32H39N3O5S/c1-4-25-14-18-28(19-15-25)35(41(38,39)30-12-6-5-7-13-30)23-31(36)34(22-26-16-20-29(40-3)21-17-26)24(2)32(37)33-27-10-8-9-11-27/h5-7,12-21,24,27H,4,8-11,22-23H2,1-3H3,(H,33,37)/t24-/m1/s1. The molecule has 41 heavy (non-hydrogen) atoms. The number of hydrogen-bond donors (Lipinski definition) is 1. The molecule has 3 aromatic carbocycles. The van der Waals surface area contributed by atoms with Crippen molar-refractivity contribution in [1.29, 1.82) is 0 Å². The van der Waals surface area contributed by atoms with E-state index in [0.29, 0.717) is 11.4 Å². The first-order chi connectivity index (χ1) is 19.7. The molecule has 2 amide bonds. The highest BCUT2D eigenvalue weighted by Crippen LogP contribution is 2.26. The third kappa shape index (κ3) is 7.47. The number of carbonyl (C=O) groups is 2. The Kier molecular flexibility index (Phi) is 10.0. The van der Waals surface area contributed by atoms with Gasteiger partial charge in [-0.1, -0.05) is 62.2 Å². The fourth-order valence-corrected chi connectivity index (χ4v) is 6.48. The van der Waals surface area contributed by atoms with E-state index in [9.17, 15) is 18.0 Å². The number of ether oxygens (including phenoxy) is 1. The van der Waals surface area contributed by atoms with Crippen molar-refractivity contribution in [2.45, 2.75) is 69.5 Å². The van der Waals surface area contributed by atoms with Gasteiger partial charge in [0, 0.05) is 12.6 Å². The summed E-state index contributed by atoms with van der Waals surface area (Å²) in [6.07, 6.45) is 4.77. The Labute approximate surface area is 243 Å². The molecule has 8 nitrogen and oxygen atoms in total.